The fraction of sp³-hybridized carbons (Fsp3) is 0. The molecule has 1 aliphatic rings. The van der Waals surface area contributed by atoms with Crippen LogP contribution in [0.15, 0.2) is 58.4 Å². The number of phenols is 1. The molecule has 0 aromatic heterocycles. The van der Waals surface area contributed by atoms with Gasteiger partial charge in [0.2, 0.25) is 0 Å². The first-order valence-electron chi connectivity index (χ1n) is 6.84. The Labute approximate surface area is 140 Å². The van der Waals surface area contributed by atoms with Gasteiger partial charge in [0.1, 0.15) is 5.75 Å². The number of nitro groups is 1. The number of nitrogens with zero attached hydrogens (tertiary/aromatic N) is 2. The number of amides is 1. The molecule has 3 rings (SSSR count). The van der Waals surface area contributed by atoms with Crippen molar-refractivity contribution in [3.05, 3.63) is 69.1 Å². The van der Waals surface area contributed by atoms with E-state index < -0.39 is 4.92 Å². The second kappa shape index (κ2) is 6.55. The lowest BCUT2D eigenvalue weighted by Crippen LogP contribution is -2.19. The number of nitrogens with one attached hydrogen (secondary N) is 1. The van der Waals surface area contributed by atoms with Crippen molar-refractivity contribution in [3.8, 4) is 5.75 Å². The summed E-state index contributed by atoms with van der Waals surface area (Å²) in [5.74, 6) is -0.183. The topological polar surface area (TPSA) is 105 Å². The summed E-state index contributed by atoms with van der Waals surface area (Å²) in [7, 11) is 0. The van der Waals surface area contributed by atoms with Crippen LogP contribution in [0.1, 0.15) is 5.56 Å². The Morgan fingerprint density at radius 1 is 1.21 bits per heavy atom. The number of nitro benzene ring substituents is 1. The molecule has 0 bridgehead atoms. The number of phenolic OH excluding ortho intramolecular Hbond substituents is 1. The first-order valence-corrected chi connectivity index (χ1v) is 7.66. The van der Waals surface area contributed by atoms with Crippen LogP contribution in [0.3, 0.4) is 0 Å². The second-order valence-electron chi connectivity index (χ2n) is 4.85. The fourth-order valence-corrected chi connectivity index (χ4v) is 2.85. The van der Waals surface area contributed by atoms with Gasteiger partial charge < -0.3 is 10.4 Å². The molecule has 1 fully saturated rings. The first-order chi connectivity index (χ1) is 11.5. The standard InChI is InChI=1S/C16H11N3O4S/c20-13-6-4-11(5-7-13)17-16-18-15(21)14(24-16)9-10-2-1-3-12(8-10)19(22)23/h1-9,20H,(H,17,18,21). The van der Waals surface area contributed by atoms with E-state index in [0.29, 0.717) is 21.3 Å². The number of thioether (sulfide) groups is 1. The van der Waals surface area contributed by atoms with Crippen molar-refractivity contribution >= 4 is 40.3 Å². The molecule has 24 heavy (non-hydrogen) atoms. The molecule has 1 heterocycles. The fourth-order valence-electron chi connectivity index (χ4n) is 2.00. The molecule has 0 radical (unpaired) electrons. The minimum atomic E-state index is -0.485. The van der Waals surface area contributed by atoms with Crippen LogP contribution in [-0.2, 0) is 4.79 Å². The number of benzene rings is 2. The molecule has 8 heteroatoms. The minimum absolute atomic E-state index is 0.0364. The summed E-state index contributed by atoms with van der Waals surface area (Å²) in [6, 6.07) is 12.3. The van der Waals surface area contributed by atoms with Gasteiger partial charge in [-0.3, -0.25) is 14.9 Å². The van der Waals surface area contributed by atoms with Crippen LogP contribution in [0, 0.1) is 10.1 Å². The highest BCUT2D eigenvalue weighted by molar-refractivity contribution is 8.18. The maximum Gasteiger partial charge on any atom is 0.270 e. The summed E-state index contributed by atoms with van der Waals surface area (Å²) in [6.45, 7) is 0. The maximum absolute atomic E-state index is 12.0. The number of non-ortho nitro benzene ring substituents is 1. The number of hydrogen-bond donors (Lipinski definition) is 2. The third-order valence-corrected chi connectivity index (χ3v) is 4.02. The van der Waals surface area contributed by atoms with Gasteiger partial charge in [0, 0.05) is 12.1 Å². The van der Waals surface area contributed by atoms with Gasteiger partial charge in [-0.1, -0.05) is 12.1 Å². The number of rotatable bonds is 3. The van der Waals surface area contributed by atoms with Crippen LogP contribution in [0.2, 0.25) is 0 Å². The van der Waals surface area contributed by atoms with Crippen molar-refractivity contribution in [1.82, 2.24) is 5.32 Å². The van der Waals surface area contributed by atoms with E-state index in [-0.39, 0.29) is 17.3 Å². The largest absolute Gasteiger partial charge is 0.508 e. The van der Waals surface area contributed by atoms with Gasteiger partial charge in [0.05, 0.1) is 15.5 Å². The first kappa shape index (κ1) is 15.8. The number of carbonyl (C=O) groups excluding carboxylic acids is 1. The van der Waals surface area contributed by atoms with Crippen LogP contribution in [0.4, 0.5) is 11.4 Å². The highest BCUT2D eigenvalue weighted by Gasteiger charge is 2.24. The summed E-state index contributed by atoms with van der Waals surface area (Å²) < 4.78 is 0. The molecule has 0 atom stereocenters. The number of hydrogen-bond acceptors (Lipinski definition) is 6. The number of amidine groups is 1. The molecule has 2 N–H and O–H groups in total. The lowest BCUT2D eigenvalue weighted by atomic mass is 10.2. The Morgan fingerprint density at radius 2 is 1.96 bits per heavy atom. The number of aliphatic imine (C=N–C) groups is 1. The number of carbonyl (C=O) groups is 1. The molecule has 0 saturated carbocycles. The summed E-state index contributed by atoms with van der Waals surface area (Å²) in [4.78, 5) is 27.0. The van der Waals surface area contributed by atoms with Crippen molar-refractivity contribution in [1.29, 1.82) is 0 Å². The number of aromatic hydroxyl groups is 1. The van der Waals surface area contributed by atoms with E-state index >= 15 is 0 Å². The Kier molecular flexibility index (Phi) is 4.30. The lowest BCUT2D eigenvalue weighted by molar-refractivity contribution is -0.384. The Bertz CT molecular complexity index is 875. The van der Waals surface area contributed by atoms with Crippen molar-refractivity contribution in [2.45, 2.75) is 0 Å². The Hall–Kier alpha value is -3.13. The molecular formula is C16H11N3O4S. The average Bonchev–Trinajstić information content (AvgIpc) is 2.89. The molecular weight excluding hydrogens is 330 g/mol. The molecule has 0 spiro atoms. The normalized spacial score (nSPS) is 17.2. The van der Waals surface area contributed by atoms with Crippen LogP contribution in [0.5, 0.6) is 5.75 Å². The van der Waals surface area contributed by atoms with Gasteiger partial charge >= 0.3 is 0 Å². The zero-order chi connectivity index (χ0) is 17.1. The smallest absolute Gasteiger partial charge is 0.270 e. The average molecular weight is 341 g/mol. The van der Waals surface area contributed by atoms with Crippen molar-refractivity contribution in [2.75, 3.05) is 0 Å². The van der Waals surface area contributed by atoms with Gasteiger partial charge in [0.25, 0.3) is 11.6 Å². The van der Waals surface area contributed by atoms with Gasteiger partial charge in [-0.05, 0) is 47.7 Å². The SMILES string of the molecule is O=C1NC(=Nc2ccc(O)cc2)SC1=Cc1cccc([N+](=O)[O-])c1. The zero-order valence-corrected chi connectivity index (χ0v) is 13.0. The molecule has 0 unspecified atom stereocenters. The summed E-state index contributed by atoms with van der Waals surface area (Å²) in [5.41, 5.74) is 1.12. The Balaban J connectivity index is 1.83. The monoisotopic (exact) mass is 341 g/mol. The van der Waals surface area contributed by atoms with Crippen LogP contribution in [-0.4, -0.2) is 21.1 Å². The molecule has 7 nitrogen and oxygen atoms in total. The van der Waals surface area contributed by atoms with Crippen LogP contribution >= 0.6 is 11.8 Å². The molecule has 2 aromatic rings. The van der Waals surface area contributed by atoms with Crippen LogP contribution < -0.4 is 5.32 Å². The highest BCUT2D eigenvalue weighted by atomic mass is 32.2. The van der Waals surface area contributed by atoms with Gasteiger partial charge in [-0.25, -0.2) is 4.99 Å². The van der Waals surface area contributed by atoms with Gasteiger partial charge in [-0.15, -0.1) is 0 Å². The van der Waals surface area contributed by atoms with E-state index in [1.807, 2.05) is 0 Å². The van der Waals surface area contributed by atoms with E-state index in [1.54, 1.807) is 30.3 Å². The van der Waals surface area contributed by atoms with Gasteiger partial charge in [-0.2, -0.15) is 0 Å². The predicted molar refractivity (Wildman–Crippen MR) is 92.0 cm³/mol. The zero-order valence-electron chi connectivity index (χ0n) is 12.2. The van der Waals surface area contributed by atoms with E-state index in [1.165, 1.54) is 24.3 Å². The summed E-state index contributed by atoms with van der Waals surface area (Å²) >= 11 is 1.14. The third kappa shape index (κ3) is 3.61. The molecule has 2 aromatic carbocycles. The summed E-state index contributed by atoms with van der Waals surface area (Å²) in [6.07, 6.45) is 1.58. The molecule has 0 aliphatic carbocycles. The molecule has 1 aliphatic heterocycles. The maximum atomic E-state index is 12.0. The van der Waals surface area contributed by atoms with E-state index in [0.717, 1.165) is 11.8 Å². The lowest BCUT2D eigenvalue weighted by Gasteiger charge is -1.96. The molecule has 1 amide bonds. The molecule has 120 valence electrons. The van der Waals surface area contributed by atoms with Crippen molar-refractivity contribution in [3.63, 3.8) is 0 Å². The van der Waals surface area contributed by atoms with Crippen LogP contribution in [0.25, 0.3) is 6.08 Å². The van der Waals surface area contributed by atoms with Crippen molar-refractivity contribution in [2.24, 2.45) is 4.99 Å². The van der Waals surface area contributed by atoms with Gasteiger partial charge in [0.15, 0.2) is 5.17 Å². The van der Waals surface area contributed by atoms with E-state index in [4.69, 9.17) is 0 Å². The molecule has 1 saturated heterocycles. The third-order valence-electron chi connectivity index (χ3n) is 3.11. The van der Waals surface area contributed by atoms with E-state index in [2.05, 4.69) is 10.3 Å². The predicted octanol–water partition coefficient (Wildman–Crippen LogP) is 3.19. The Morgan fingerprint density at radius 3 is 2.67 bits per heavy atom. The summed E-state index contributed by atoms with van der Waals surface area (Å²) in [5, 5.41) is 23.1. The highest BCUT2D eigenvalue weighted by Crippen LogP contribution is 2.29. The van der Waals surface area contributed by atoms with E-state index in [9.17, 15) is 20.0 Å². The van der Waals surface area contributed by atoms with Crippen molar-refractivity contribution < 1.29 is 14.8 Å². The minimum Gasteiger partial charge on any atom is -0.508 e. The quantitative estimate of drug-likeness (QED) is 0.507. The second-order valence-corrected chi connectivity index (χ2v) is 5.88.